The van der Waals surface area contributed by atoms with Gasteiger partial charge >= 0.3 is 0 Å². The summed E-state index contributed by atoms with van der Waals surface area (Å²) in [5.74, 6) is 0.895. The quantitative estimate of drug-likeness (QED) is 0.807. The number of aromatic nitrogens is 5. The maximum atomic E-state index is 5.52. The average molecular weight is 306 g/mol. The first-order chi connectivity index (χ1) is 10.8. The van der Waals surface area contributed by atoms with Crippen LogP contribution in [0.5, 0.6) is 0 Å². The molecule has 8 heteroatoms. The van der Waals surface area contributed by atoms with E-state index in [1.807, 2.05) is 10.9 Å². The molecule has 1 fully saturated rings. The fourth-order valence-electron chi connectivity index (χ4n) is 2.90. The highest BCUT2D eigenvalue weighted by atomic mass is 16.5. The third-order valence-electron chi connectivity index (χ3n) is 4.04. The fraction of sp³-hybridized carbons (Fsp3) is 0.643. The topological polar surface area (TPSA) is 81.1 Å². The van der Waals surface area contributed by atoms with E-state index in [2.05, 4.69) is 31.4 Å². The number of rotatable bonds is 7. The highest BCUT2D eigenvalue weighted by Gasteiger charge is 2.35. The van der Waals surface area contributed by atoms with Crippen LogP contribution < -0.4 is 0 Å². The van der Waals surface area contributed by atoms with E-state index in [1.165, 1.54) is 5.56 Å². The van der Waals surface area contributed by atoms with E-state index in [0.717, 1.165) is 31.9 Å². The van der Waals surface area contributed by atoms with Crippen molar-refractivity contribution in [3.63, 3.8) is 0 Å². The van der Waals surface area contributed by atoms with Gasteiger partial charge < -0.3 is 9.47 Å². The second-order valence-electron chi connectivity index (χ2n) is 5.51. The summed E-state index contributed by atoms with van der Waals surface area (Å²) in [6.07, 6.45) is 6.67. The molecule has 1 N–H and O–H groups in total. The van der Waals surface area contributed by atoms with E-state index in [0.29, 0.717) is 6.61 Å². The Morgan fingerprint density at radius 3 is 3.05 bits per heavy atom. The molecule has 2 aromatic rings. The second kappa shape index (κ2) is 6.99. The molecule has 0 aliphatic carbocycles. The summed E-state index contributed by atoms with van der Waals surface area (Å²) in [6, 6.07) is 0.203. The molecule has 3 heterocycles. The Bertz CT molecular complexity index is 570. The zero-order valence-corrected chi connectivity index (χ0v) is 13.0. The fourth-order valence-corrected chi connectivity index (χ4v) is 2.90. The Kier molecular flexibility index (Phi) is 4.81. The predicted molar refractivity (Wildman–Crippen MR) is 79.1 cm³/mol. The number of H-pyrrole nitrogens is 1. The summed E-state index contributed by atoms with van der Waals surface area (Å²) in [5.41, 5.74) is 1.18. The third kappa shape index (κ3) is 3.34. The van der Waals surface area contributed by atoms with Gasteiger partial charge in [-0.15, -0.1) is 0 Å². The number of aromatic amines is 1. The van der Waals surface area contributed by atoms with Gasteiger partial charge in [-0.1, -0.05) is 0 Å². The van der Waals surface area contributed by atoms with Crippen LogP contribution in [-0.4, -0.2) is 63.3 Å². The lowest BCUT2D eigenvalue weighted by Crippen LogP contribution is -2.25. The van der Waals surface area contributed by atoms with E-state index >= 15 is 0 Å². The van der Waals surface area contributed by atoms with Crippen LogP contribution >= 0.6 is 0 Å². The highest BCUT2D eigenvalue weighted by Crippen LogP contribution is 2.32. The number of hydrogen-bond acceptors (Lipinski definition) is 6. The van der Waals surface area contributed by atoms with Crippen LogP contribution in [0.1, 0.15) is 23.9 Å². The third-order valence-corrected chi connectivity index (χ3v) is 4.04. The van der Waals surface area contributed by atoms with E-state index in [1.54, 1.807) is 20.5 Å². The maximum absolute atomic E-state index is 5.52. The molecule has 1 aliphatic rings. The molecule has 0 unspecified atom stereocenters. The van der Waals surface area contributed by atoms with E-state index < -0.39 is 0 Å². The number of likely N-dealkylation sites (tertiary alicyclic amines) is 1. The molecule has 2 atom stereocenters. The summed E-state index contributed by atoms with van der Waals surface area (Å²) in [4.78, 5) is 6.66. The second-order valence-corrected chi connectivity index (χ2v) is 5.51. The van der Waals surface area contributed by atoms with Crippen molar-refractivity contribution >= 4 is 0 Å². The van der Waals surface area contributed by atoms with Gasteiger partial charge in [-0.3, -0.25) is 14.7 Å². The smallest absolute Gasteiger partial charge is 0.141 e. The van der Waals surface area contributed by atoms with Crippen LogP contribution in [0, 0.1) is 0 Å². The molecule has 0 saturated carbocycles. The van der Waals surface area contributed by atoms with Gasteiger partial charge in [0.25, 0.3) is 0 Å². The van der Waals surface area contributed by atoms with Crippen molar-refractivity contribution < 1.29 is 9.47 Å². The Morgan fingerprint density at radius 2 is 2.32 bits per heavy atom. The van der Waals surface area contributed by atoms with Gasteiger partial charge in [0.05, 0.1) is 31.5 Å². The molecule has 0 radical (unpaired) electrons. The minimum Gasteiger partial charge on any atom is -0.383 e. The molecule has 120 valence electrons. The standard InChI is InChI=1S/C14H22N6O2/c1-21-4-3-20-8-11(6-17-20)7-19-9-12(22-2)5-13(19)14-15-10-16-18-14/h6,8,10,12-13H,3-5,7,9H2,1-2H3,(H,15,16,18)/t12-,13+/m1/s1. The van der Waals surface area contributed by atoms with Crippen LogP contribution in [0.3, 0.4) is 0 Å². The Hall–Kier alpha value is -1.77. The summed E-state index contributed by atoms with van der Waals surface area (Å²) >= 11 is 0. The first kappa shape index (κ1) is 15.1. The molecule has 0 spiro atoms. The van der Waals surface area contributed by atoms with Crippen molar-refractivity contribution in [2.75, 3.05) is 27.4 Å². The summed E-state index contributed by atoms with van der Waals surface area (Å²) in [7, 11) is 3.45. The monoisotopic (exact) mass is 306 g/mol. The number of nitrogens with one attached hydrogen (secondary N) is 1. The van der Waals surface area contributed by atoms with E-state index in [4.69, 9.17) is 9.47 Å². The zero-order valence-electron chi connectivity index (χ0n) is 13.0. The van der Waals surface area contributed by atoms with Crippen LogP contribution in [-0.2, 0) is 22.6 Å². The van der Waals surface area contributed by atoms with E-state index in [-0.39, 0.29) is 12.1 Å². The lowest BCUT2D eigenvalue weighted by atomic mass is 10.2. The van der Waals surface area contributed by atoms with Crippen molar-refractivity contribution in [3.8, 4) is 0 Å². The Labute approximate surface area is 129 Å². The SMILES string of the molecule is COCCn1cc(CN2C[C@H](OC)C[C@H]2c2ncn[nH]2)cn1. The van der Waals surface area contributed by atoms with Gasteiger partial charge in [-0.2, -0.15) is 10.2 Å². The first-order valence-electron chi connectivity index (χ1n) is 7.42. The molecule has 8 nitrogen and oxygen atoms in total. The van der Waals surface area contributed by atoms with E-state index in [9.17, 15) is 0 Å². The van der Waals surface area contributed by atoms with Gasteiger partial charge in [-0.05, 0) is 6.42 Å². The van der Waals surface area contributed by atoms with Crippen LogP contribution in [0.4, 0.5) is 0 Å². The number of ether oxygens (including phenoxy) is 2. The zero-order chi connectivity index (χ0) is 15.4. The van der Waals surface area contributed by atoms with Gasteiger partial charge in [0.2, 0.25) is 0 Å². The number of hydrogen-bond donors (Lipinski definition) is 1. The Balaban J connectivity index is 1.67. The minimum absolute atomic E-state index is 0.203. The summed E-state index contributed by atoms with van der Waals surface area (Å²) < 4.78 is 12.5. The van der Waals surface area contributed by atoms with Crippen molar-refractivity contribution in [2.45, 2.75) is 31.7 Å². The molecule has 2 aromatic heterocycles. The molecule has 22 heavy (non-hydrogen) atoms. The Morgan fingerprint density at radius 1 is 1.41 bits per heavy atom. The number of nitrogens with zero attached hydrogens (tertiary/aromatic N) is 5. The van der Waals surface area contributed by atoms with Gasteiger partial charge in [0, 0.05) is 39.1 Å². The molecule has 0 amide bonds. The molecule has 3 rings (SSSR count). The maximum Gasteiger partial charge on any atom is 0.141 e. The largest absolute Gasteiger partial charge is 0.383 e. The molecule has 1 saturated heterocycles. The lowest BCUT2D eigenvalue weighted by molar-refractivity contribution is 0.107. The summed E-state index contributed by atoms with van der Waals surface area (Å²) in [6.45, 7) is 3.13. The molecular weight excluding hydrogens is 284 g/mol. The predicted octanol–water partition coefficient (Wildman–Crippen LogP) is 0.610. The number of methoxy groups -OCH3 is 2. The first-order valence-corrected chi connectivity index (χ1v) is 7.42. The molecule has 1 aliphatic heterocycles. The molecule has 0 bridgehead atoms. The van der Waals surface area contributed by atoms with Crippen LogP contribution in [0.15, 0.2) is 18.7 Å². The molecular formula is C14H22N6O2. The molecule has 0 aromatic carbocycles. The van der Waals surface area contributed by atoms with Gasteiger partial charge in [-0.25, -0.2) is 4.98 Å². The van der Waals surface area contributed by atoms with Crippen molar-refractivity contribution in [2.24, 2.45) is 0 Å². The minimum atomic E-state index is 0.203. The van der Waals surface area contributed by atoms with Gasteiger partial charge in [0.1, 0.15) is 12.2 Å². The van der Waals surface area contributed by atoms with Gasteiger partial charge in [0.15, 0.2) is 0 Å². The average Bonchev–Trinajstić information content (AvgIpc) is 3.26. The summed E-state index contributed by atoms with van der Waals surface area (Å²) in [5, 5.41) is 11.3. The van der Waals surface area contributed by atoms with Crippen LogP contribution in [0.2, 0.25) is 0 Å². The highest BCUT2D eigenvalue weighted by molar-refractivity contribution is 5.07. The van der Waals surface area contributed by atoms with Crippen molar-refractivity contribution in [3.05, 3.63) is 30.1 Å². The lowest BCUT2D eigenvalue weighted by Gasteiger charge is -2.21. The van der Waals surface area contributed by atoms with Crippen molar-refractivity contribution in [1.82, 2.24) is 29.9 Å². The normalized spacial score (nSPS) is 22.5. The van der Waals surface area contributed by atoms with Crippen LogP contribution in [0.25, 0.3) is 0 Å². The van der Waals surface area contributed by atoms with Crippen molar-refractivity contribution in [1.29, 1.82) is 0 Å².